The van der Waals surface area contributed by atoms with E-state index in [0.717, 1.165) is 52.1 Å². The number of nitrogens with zero attached hydrogens (tertiary/aromatic N) is 4. The van der Waals surface area contributed by atoms with E-state index in [2.05, 4.69) is 63.7 Å². The van der Waals surface area contributed by atoms with Crippen molar-refractivity contribution >= 4 is 29.1 Å². The Morgan fingerprint density at radius 2 is 1.38 bits per heavy atom. The molecule has 11 nitrogen and oxygen atoms in total. The maximum atomic E-state index is 13.1. The summed E-state index contributed by atoms with van der Waals surface area (Å²) in [4.78, 5) is 43.4. The minimum Gasteiger partial charge on any atom is -0.385 e. The number of fused-ring (bicyclic) bond motifs is 1. The lowest BCUT2D eigenvalue weighted by Gasteiger charge is -2.26. The Kier molecular flexibility index (Phi) is 13.1. The molecule has 0 bridgehead atoms. The van der Waals surface area contributed by atoms with Crippen LogP contribution in [0.5, 0.6) is 0 Å². The van der Waals surface area contributed by atoms with Gasteiger partial charge in [0.15, 0.2) is 6.04 Å². The van der Waals surface area contributed by atoms with E-state index in [1.54, 1.807) is 24.3 Å². The third-order valence-corrected chi connectivity index (χ3v) is 7.51. The number of rotatable bonds is 16. The normalized spacial score (nSPS) is 16.5. The van der Waals surface area contributed by atoms with Gasteiger partial charge in [0.25, 0.3) is 17.7 Å². The van der Waals surface area contributed by atoms with Crippen molar-refractivity contribution in [2.75, 3.05) is 57.7 Å². The second kappa shape index (κ2) is 16.7. The highest BCUT2D eigenvalue weighted by molar-refractivity contribution is 6.01. The molecule has 4 N–H and O–H groups in total. The molecule has 228 valence electrons. The Morgan fingerprint density at radius 3 is 1.90 bits per heavy atom. The minimum absolute atomic E-state index is 0.234. The molecule has 0 spiro atoms. The number of aliphatic hydroxyl groups excluding tert-OH is 1. The predicted octanol–water partition coefficient (Wildman–Crippen LogP) is 3.75. The van der Waals surface area contributed by atoms with E-state index in [1.165, 1.54) is 18.2 Å². The lowest BCUT2D eigenvalue weighted by atomic mass is 9.96. The van der Waals surface area contributed by atoms with Gasteiger partial charge in [0.2, 0.25) is 0 Å². The van der Waals surface area contributed by atoms with Crippen molar-refractivity contribution in [1.29, 1.82) is 0 Å². The molecule has 0 saturated carbocycles. The molecule has 3 amide bonds. The summed E-state index contributed by atoms with van der Waals surface area (Å²) in [6.07, 6.45) is 0.413. The molecule has 1 unspecified atom stereocenters. The number of carbonyl (C=O) groups is 3. The molecule has 1 aliphatic rings. The van der Waals surface area contributed by atoms with Crippen molar-refractivity contribution in [2.45, 2.75) is 52.7 Å². The van der Waals surface area contributed by atoms with E-state index >= 15 is 0 Å². The Morgan fingerprint density at radius 1 is 0.857 bits per heavy atom. The van der Waals surface area contributed by atoms with Gasteiger partial charge < -0.3 is 30.9 Å². The zero-order chi connectivity index (χ0) is 30.5. The lowest BCUT2D eigenvalue weighted by molar-refractivity contribution is -0.120. The summed E-state index contributed by atoms with van der Waals surface area (Å²) in [5.41, 5.74) is 1.84. The van der Waals surface area contributed by atoms with Crippen molar-refractivity contribution in [3.8, 4) is 0 Å². The quantitative estimate of drug-likeness (QED) is 0.177. The second-order valence-electron chi connectivity index (χ2n) is 10.2. The monoisotopic (exact) mass is 579 g/mol. The largest absolute Gasteiger partial charge is 0.385 e. The third-order valence-electron chi connectivity index (χ3n) is 7.51. The minimum atomic E-state index is -1.18. The third kappa shape index (κ3) is 9.17. The molecule has 0 saturated heterocycles. The van der Waals surface area contributed by atoms with Crippen LogP contribution in [0.15, 0.2) is 52.7 Å². The van der Waals surface area contributed by atoms with E-state index in [4.69, 9.17) is 0 Å². The number of nitrogens with one attached hydrogen (secondary N) is 3. The summed E-state index contributed by atoms with van der Waals surface area (Å²) in [7, 11) is 0. The van der Waals surface area contributed by atoms with Crippen LogP contribution >= 0.6 is 0 Å². The van der Waals surface area contributed by atoms with Crippen LogP contribution in [-0.2, 0) is 4.79 Å². The molecule has 0 aromatic heterocycles. The van der Waals surface area contributed by atoms with E-state index < -0.39 is 18.1 Å². The summed E-state index contributed by atoms with van der Waals surface area (Å²) in [5.74, 6) is -1.14. The average molecular weight is 580 g/mol. The van der Waals surface area contributed by atoms with Gasteiger partial charge in [-0.15, -0.1) is 0 Å². The number of anilines is 1. The first-order valence-electron chi connectivity index (χ1n) is 15.0. The van der Waals surface area contributed by atoms with Gasteiger partial charge in [-0.2, -0.15) is 10.2 Å². The molecule has 42 heavy (non-hydrogen) atoms. The van der Waals surface area contributed by atoms with E-state index in [1.807, 2.05) is 0 Å². The fourth-order valence-corrected chi connectivity index (χ4v) is 4.86. The number of hydrogen-bond acceptors (Lipinski definition) is 8. The van der Waals surface area contributed by atoms with Crippen LogP contribution in [0.25, 0.3) is 0 Å². The molecule has 11 heteroatoms. The molecule has 1 heterocycles. The number of amides is 3. The standard InChI is InChI=1S/C31H45N7O4/c1-5-37(6-2)17-11-15-32-29(40)22-19-23(30(41)33-16-12-18-38(7-3)8-4)21-24(20-22)35-36-27-28(39)25-13-9-10-14-26(25)34-31(27)42/h9-10,13-14,19-21,27-28,39H,5-8,11-12,15-18H2,1-4H3,(H,32,40)(H,33,41)(H,34,42)/t27?,28-/m1/s1. The average Bonchev–Trinajstić information content (AvgIpc) is 3.00. The summed E-state index contributed by atoms with van der Waals surface area (Å²) >= 11 is 0. The highest BCUT2D eigenvalue weighted by atomic mass is 16.3. The van der Waals surface area contributed by atoms with Crippen LogP contribution in [0.1, 0.15) is 72.9 Å². The van der Waals surface area contributed by atoms with Crippen molar-refractivity contribution in [3.63, 3.8) is 0 Å². The van der Waals surface area contributed by atoms with Gasteiger partial charge in [-0.25, -0.2) is 0 Å². The van der Waals surface area contributed by atoms with E-state index in [9.17, 15) is 19.5 Å². The van der Waals surface area contributed by atoms with Crippen LogP contribution < -0.4 is 16.0 Å². The first-order valence-corrected chi connectivity index (χ1v) is 15.0. The van der Waals surface area contributed by atoms with Crippen molar-refractivity contribution in [1.82, 2.24) is 20.4 Å². The maximum Gasteiger partial charge on any atom is 0.254 e. The molecule has 0 aliphatic carbocycles. The molecule has 0 fully saturated rings. The molecule has 2 aromatic carbocycles. The summed E-state index contributed by atoms with van der Waals surface area (Å²) in [6.45, 7) is 14.9. The molecular weight excluding hydrogens is 534 g/mol. The van der Waals surface area contributed by atoms with Gasteiger partial charge in [-0.05, 0) is 76.4 Å². The molecule has 0 radical (unpaired) electrons. The van der Waals surface area contributed by atoms with E-state index in [-0.39, 0.29) is 28.6 Å². The number of para-hydroxylation sites is 1. The van der Waals surface area contributed by atoms with Gasteiger partial charge in [0, 0.05) is 35.5 Å². The van der Waals surface area contributed by atoms with Crippen LogP contribution in [0.2, 0.25) is 0 Å². The van der Waals surface area contributed by atoms with E-state index in [0.29, 0.717) is 24.3 Å². The van der Waals surface area contributed by atoms with Gasteiger partial charge >= 0.3 is 0 Å². The van der Waals surface area contributed by atoms with Crippen LogP contribution in [0.4, 0.5) is 11.4 Å². The zero-order valence-electron chi connectivity index (χ0n) is 25.2. The SMILES string of the molecule is CCN(CC)CCCNC(=O)c1cc(N=NC2C(=O)Nc3ccccc3[C@H]2O)cc(C(=O)NCCCN(CC)CC)c1. The molecule has 2 aromatic rings. The van der Waals surface area contributed by atoms with Crippen LogP contribution in [0, 0.1) is 0 Å². The van der Waals surface area contributed by atoms with Crippen molar-refractivity contribution in [2.24, 2.45) is 10.2 Å². The highest BCUT2D eigenvalue weighted by Crippen LogP contribution is 2.32. The number of azo groups is 1. The molecule has 2 atom stereocenters. The maximum absolute atomic E-state index is 13.1. The Bertz CT molecular complexity index is 1180. The summed E-state index contributed by atoms with van der Waals surface area (Å²) in [5, 5.41) is 27.7. The number of carbonyl (C=O) groups excluding carboxylic acids is 3. The summed E-state index contributed by atoms with van der Waals surface area (Å²) in [6, 6.07) is 10.4. The number of benzene rings is 2. The van der Waals surface area contributed by atoms with Crippen molar-refractivity contribution < 1.29 is 19.5 Å². The zero-order valence-corrected chi connectivity index (χ0v) is 25.2. The highest BCUT2D eigenvalue weighted by Gasteiger charge is 2.34. The lowest BCUT2D eigenvalue weighted by Crippen LogP contribution is -2.36. The van der Waals surface area contributed by atoms with Crippen LogP contribution in [-0.4, -0.2) is 91.0 Å². The fraction of sp³-hybridized carbons (Fsp3) is 0.516. The smallest absolute Gasteiger partial charge is 0.254 e. The molecule has 1 aliphatic heterocycles. The predicted molar refractivity (Wildman–Crippen MR) is 164 cm³/mol. The Balaban J connectivity index is 1.77. The topological polar surface area (TPSA) is 139 Å². The fourth-order valence-electron chi connectivity index (χ4n) is 4.86. The second-order valence-corrected chi connectivity index (χ2v) is 10.2. The van der Waals surface area contributed by atoms with Gasteiger partial charge in [-0.3, -0.25) is 14.4 Å². The van der Waals surface area contributed by atoms with Gasteiger partial charge in [0.1, 0.15) is 6.10 Å². The Hall–Kier alpha value is -3.67. The van der Waals surface area contributed by atoms with Gasteiger partial charge in [0.05, 0.1) is 5.69 Å². The number of aliphatic hydroxyl groups is 1. The summed E-state index contributed by atoms with van der Waals surface area (Å²) < 4.78 is 0. The first kappa shape index (κ1) is 32.8. The molecule has 3 rings (SSSR count). The Labute approximate surface area is 248 Å². The molecular formula is C31H45N7O4. The first-order chi connectivity index (χ1) is 20.3. The number of hydrogen-bond donors (Lipinski definition) is 4. The van der Waals surface area contributed by atoms with Crippen molar-refractivity contribution in [3.05, 3.63) is 59.2 Å². The van der Waals surface area contributed by atoms with Crippen LogP contribution in [0.3, 0.4) is 0 Å². The van der Waals surface area contributed by atoms with Gasteiger partial charge in [-0.1, -0.05) is 45.9 Å².